The number of aromatic nitrogens is 1. The smallest absolute Gasteiger partial charge is 0.141 e. The van der Waals surface area contributed by atoms with Crippen molar-refractivity contribution >= 4 is 15.9 Å². The second-order valence-corrected chi connectivity index (χ2v) is 5.91. The molecule has 1 aromatic carbocycles. The van der Waals surface area contributed by atoms with E-state index < -0.39 is 0 Å². The molecule has 0 saturated heterocycles. The molecule has 0 amide bonds. The normalized spacial score (nSPS) is 10.9. The van der Waals surface area contributed by atoms with Crippen molar-refractivity contribution in [1.29, 1.82) is 0 Å². The van der Waals surface area contributed by atoms with Crippen molar-refractivity contribution < 1.29 is 9.13 Å². The molecule has 0 atom stereocenters. The summed E-state index contributed by atoms with van der Waals surface area (Å²) < 4.78 is 19.3. The van der Waals surface area contributed by atoms with E-state index in [-0.39, 0.29) is 5.82 Å². The van der Waals surface area contributed by atoms with Gasteiger partial charge in [-0.15, -0.1) is 0 Å². The summed E-state index contributed by atoms with van der Waals surface area (Å²) in [6, 6.07) is 9.08. The zero-order valence-corrected chi connectivity index (χ0v) is 13.7. The molecular formula is C16H18BrFN2O. The number of pyridine rings is 1. The maximum atomic E-state index is 13.4. The highest BCUT2D eigenvalue weighted by atomic mass is 79.9. The number of hydrogen-bond acceptors (Lipinski definition) is 3. The summed E-state index contributed by atoms with van der Waals surface area (Å²) in [7, 11) is 0. The van der Waals surface area contributed by atoms with Gasteiger partial charge in [-0.2, -0.15) is 0 Å². The Morgan fingerprint density at radius 2 is 2.10 bits per heavy atom. The maximum Gasteiger partial charge on any atom is 0.141 e. The van der Waals surface area contributed by atoms with Crippen molar-refractivity contribution in [2.24, 2.45) is 0 Å². The van der Waals surface area contributed by atoms with Gasteiger partial charge in [0.2, 0.25) is 0 Å². The molecule has 0 unspecified atom stereocenters. The lowest BCUT2D eigenvalue weighted by molar-refractivity contribution is 0.299. The first-order valence-corrected chi connectivity index (χ1v) is 7.59. The molecule has 21 heavy (non-hydrogen) atoms. The Morgan fingerprint density at radius 3 is 2.71 bits per heavy atom. The second kappa shape index (κ2) is 7.52. The Morgan fingerprint density at radius 1 is 1.29 bits per heavy atom. The highest BCUT2D eigenvalue weighted by Gasteiger charge is 2.03. The minimum absolute atomic E-state index is 0.318. The number of hydrogen-bond donors (Lipinski definition) is 1. The molecule has 0 spiro atoms. The molecule has 0 radical (unpaired) electrons. The van der Waals surface area contributed by atoms with Gasteiger partial charge in [0.25, 0.3) is 0 Å². The van der Waals surface area contributed by atoms with Crippen molar-refractivity contribution in [1.82, 2.24) is 10.3 Å². The van der Waals surface area contributed by atoms with Crippen molar-refractivity contribution in [2.45, 2.75) is 33.0 Å². The van der Waals surface area contributed by atoms with Gasteiger partial charge in [-0.3, -0.25) is 4.98 Å². The van der Waals surface area contributed by atoms with E-state index in [1.165, 1.54) is 6.07 Å². The van der Waals surface area contributed by atoms with E-state index in [1.54, 1.807) is 12.1 Å². The Labute approximate surface area is 132 Å². The molecule has 0 saturated carbocycles. The summed E-state index contributed by atoms with van der Waals surface area (Å²) in [5.41, 5.74) is 1.94. The zero-order chi connectivity index (χ0) is 15.2. The third-order valence-corrected chi connectivity index (χ3v) is 3.52. The van der Waals surface area contributed by atoms with E-state index in [1.807, 2.05) is 18.3 Å². The van der Waals surface area contributed by atoms with Crippen LogP contribution in [0.4, 0.5) is 4.39 Å². The Hall–Kier alpha value is -1.46. The van der Waals surface area contributed by atoms with E-state index in [0.717, 1.165) is 17.8 Å². The van der Waals surface area contributed by atoms with Gasteiger partial charge in [0.15, 0.2) is 0 Å². The SMILES string of the molecule is CC(C)NCc1ccc(COc2ccc(Br)c(F)c2)nc1. The van der Waals surface area contributed by atoms with Gasteiger partial charge in [-0.05, 0) is 39.7 Å². The predicted octanol–water partition coefficient (Wildman–Crippen LogP) is 4.06. The van der Waals surface area contributed by atoms with Crippen molar-refractivity contribution in [3.05, 3.63) is 58.1 Å². The average molecular weight is 353 g/mol. The lowest BCUT2D eigenvalue weighted by Crippen LogP contribution is -2.21. The van der Waals surface area contributed by atoms with Gasteiger partial charge in [0.05, 0.1) is 10.2 Å². The Kier molecular flexibility index (Phi) is 5.70. The fourth-order valence-electron chi connectivity index (χ4n) is 1.69. The molecule has 3 nitrogen and oxygen atoms in total. The summed E-state index contributed by atoms with van der Waals surface area (Å²) in [6.07, 6.45) is 1.83. The number of halogens is 2. The van der Waals surface area contributed by atoms with Crippen LogP contribution < -0.4 is 10.1 Å². The monoisotopic (exact) mass is 352 g/mol. The number of nitrogens with zero attached hydrogens (tertiary/aromatic N) is 1. The van der Waals surface area contributed by atoms with Crippen LogP contribution in [-0.4, -0.2) is 11.0 Å². The topological polar surface area (TPSA) is 34.1 Å². The minimum atomic E-state index is -0.337. The minimum Gasteiger partial charge on any atom is -0.487 e. The molecule has 112 valence electrons. The summed E-state index contributed by atoms with van der Waals surface area (Å²) in [5, 5.41) is 3.33. The number of rotatable bonds is 6. The van der Waals surface area contributed by atoms with Gasteiger partial charge >= 0.3 is 0 Å². The number of nitrogens with one attached hydrogen (secondary N) is 1. The molecular weight excluding hydrogens is 335 g/mol. The van der Waals surface area contributed by atoms with Crippen LogP contribution in [0, 0.1) is 5.82 Å². The maximum absolute atomic E-state index is 13.4. The standard InChI is InChI=1S/C16H18BrFN2O/c1-11(2)19-8-12-3-4-13(20-9-12)10-21-14-5-6-15(17)16(18)7-14/h3-7,9,11,19H,8,10H2,1-2H3. The van der Waals surface area contributed by atoms with Crippen molar-refractivity contribution in [3.63, 3.8) is 0 Å². The Balaban J connectivity index is 1.89. The molecule has 0 bridgehead atoms. The molecule has 1 N–H and O–H groups in total. The summed E-state index contributed by atoms with van der Waals surface area (Å²) in [6.45, 7) is 5.32. The van der Waals surface area contributed by atoms with E-state index in [4.69, 9.17) is 4.74 Å². The van der Waals surface area contributed by atoms with Crippen LogP contribution in [-0.2, 0) is 13.2 Å². The molecule has 5 heteroatoms. The van der Waals surface area contributed by atoms with E-state index >= 15 is 0 Å². The van der Waals surface area contributed by atoms with Gasteiger partial charge in [0, 0.05) is 24.8 Å². The Bertz CT molecular complexity index is 587. The largest absolute Gasteiger partial charge is 0.487 e. The molecule has 1 heterocycles. The molecule has 1 aromatic heterocycles. The fourth-order valence-corrected chi connectivity index (χ4v) is 1.94. The van der Waals surface area contributed by atoms with Crippen LogP contribution in [0.25, 0.3) is 0 Å². The van der Waals surface area contributed by atoms with Crippen LogP contribution in [0.2, 0.25) is 0 Å². The molecule has 0 aliphatic rings. The van der Waals surface area contributed by atoms with Crippen LogP contribution in [0.1, 0.15) is 25.1 Å². The molecule has 2 aromatic rings. The van der Waals surface area contributed by atoms with Gasteiger partial charge in [0.1, 0.15) is 18.2 Å². The first-order valence-electron chi connectivity index (χ1n) is 6.79. The quantitative estimate of drug-likeness (QED) is 0.851. The molecule has 0 fully saturated rings. The highest BCUT2D eigenvalue weighted by Crippen LogP contribution is 2.21. The van der Waals surface area contributed by atoms with Crippen LogP contribution in [0.3, 0.4) is 0 Å². The second-order valence-electron chi connectivity index (χ2n) is 5.06. The van der Waals surface area contributed by atoms with Gasteiger partial charge < -0.3 is 10.1 Å². The highest BCUT2D eigenvalue weighted by molar-refractivity contribution is 9.10. The van der Waals surface area contributed by atoms with Crippen molar-refractivity contribution in [3.8, 4) is 5.75 Å². The molecule has 2 rings (SSSR count). The van der Waals surface area contributed by atoms with Crippen LogP contribution >= 0.6 is 15.9 Å². The predicted molar refractivity (Wildman–Crippen MR) is 84.6 cm³/mol. The number of benzene rings is 1. The van der Waals surface area contributed by atoms with Crippen LogP contribution in [0.5, 0.6) is 5.75 Å². The molecule has 0 aliphatic heterocycles. The first kappa shape index (κ1) is 15.9. The zero-order valence-electron chi connectivity index (χ0n) is 12.1. The van der Waals surface area contributed by atoms with E-state index in [9.17, 15) is 4.39 Å². The van der Waals surface area contributed by atoms with Crippen LogP contribution in [0.15, 0.2) is 41.0 Å². The van der Waals surface area contributed by atoms with Crippen molar-refractivity contribution in [2.75, 3.05) is 0 Å². The third-order valence-electron chi connectivity index (χ3n) is 2.88. The lowest BCUT2D eigenvalue weighted by atomic mass is 10.2. The third kappa shape index (κ3) is 5.10. The van der Waals surface area contributed by atoms with E-state index in [2.05, 4.69) is 40.1 Å². The summed E-state index contributed by atoms with van der Waals surface area (Å²) in [5.74, 6) is 0.151. The summed E-state index contributed by atoms with van der Waals surface area (Å²) >= 11 is 3.11. The first-order chi connectivity index (χ1) is 10.0. The number of ether oxygens (including phenoxy) is 1. The summed E-state index contributed by atoms with van der Waals surface area (Å²) in [4.78, 5) is 4.34. The van der Waals surface area contributed by atoms with Gasteiger partial charge in [-0.1, -0.05) is 19.9 Å². The van der Waals surface area contributed by atoms with E-state index in [0.29, 0.717) is 22.9 Å². The molecule has 0 aliphatic carbocycles. The van der Waals surface area contributed by atoms with Gasteiger partial charge in [-0.25, -0.2) is 4.39 Å². The lowest BCUT2D eigenvalue weighted by Gasteiger charge is -2.09. The fraction of sp³-hybridized carbons (Fsp3) is 0.312. The average Bonchev–Trinajstić information content (AvgIpc) is 2.47.